The Morgan fingerprint density at radius 1 is 1.42 bits per heavy atom. The van der Waals surface area contributed by atoms with Crippen LogP contribution in [0, 0.1) is 13.8 Å². The molecule has 24 heavy (non-hydrogen) atoms. The minimum atomic E-state index is -1.01. The Labute approximate surface area is 139 Å². The zero-order chi connectivity index (χ0) is 17.4. The third-order valence-electron chi connectivity index (χ3n) is 4.67. The maximum atomic E-state index is 12.7. The van der Waals surface area contributed by atoms with Gasteiger partial charge in [0.25, 0.3) is 0 Å². The summed E-state index contributed by atoms with van der Waals surface area (Å²) >= 11 is 0. The fraction of sp³-hybridized carbons (Fsp3) is 0.500. The molecule has 2 aromatic heterocycles. The Hall–Kier alpha value is -2.64. The smallest absolute Gasteiger partial charge is 0.326 e. The van der Waals surface area contributed by atoms with E-state index in [9.17, 15) is 14.7 Å². The van der Waals surface area contributed by atoms with E-state index < -0.39 is 12.0 Å². The lowest BCUT2D eigenvalue weighted by Gasteiger charge is -2.32. The summed E-state index contributed by atoms with van der Waals surface area (Å²) in [6.07, 6.45) is 2.61. The van der Waals surface area contributed by atoms with E-state index >= 15 is 0 Å². The highest BCUT2D eigenvalue weighted by Gasteiger charge is 2.36. The maximum absolute atomic E-state index is 12.7. The standard InChI is InChI=1S/C16H21N5O3/c1-4-11-9(2)19-21(10(11)3)7-15(22)20-6-13-12(17-8-18-13)5-14(20)16(23)24/h8,14H,4-7H2,1-3H3,(H,17,18)(H,23,24)/t14-/m1/s1. The molecular weight excluding hydrogens is 310 g/mol. The van der Waals surface area contributed by atoms with Crippen LogP contribution in [0.25, 0.3) is 0 Å². The Morgan fingerprint density at radius 3 is 2.79 bits per heavy atom. The van der Waals surface area contributed by atoms with Crippen LogP contribution >= 0.6 is 0 Å². The normalized spacial score (nSPS) is 17.0. The van der Waals surface area contributed by atoms with Gasteiger partial charge in [-0.25, -0.2) is 9.78 Å². The molecule has 0 radical (unpaired) electrons. The number of fused-ring (bicyclic) bond motifs is 1. The molecule has 3 rings (SSSR count). The van der Waals surface area contributed by atoms with Crippen LogP contribution in [0.15, 0.2) is 6.33 Å². The molecule has 1 atom stereocenters. The van der Waals surface area contributed by atoms with E-state index in [1.165, 1.54) is 11.2 Å². The van der Waals surface area contributed by atoms with Gasteiger partial charge in [-0.15, -0.1) is 0 Å². The van der Waals surface area contributed by atoms with Crippen LogP contribution in [0.2, 0.25) is 0 Å². The van der Waals surface area contributed by atoms with Gasteiger partial charge in [0, 0.05) is 12.1 Å². The highest BCUT2D eigenvalue weighted by molar-refractivity contribution is 5.84. The molecule has 8 nitrogen and oxygen atoms in total. The van der Waals surface area contributed by atoms with Crippen LogP contribution in [0.4, 0.5) is 0 Å². The number of H-pyrrole nitrogens is 1. The van der Waals surface area contributed by atoms with Gasteiger partial charge in [-0.3, -0.25) is 9.48 Å². The number of aromatic nitrogens is 4. The Balaban J connectivity index is 1.84. The van der Waals surface area contributed by atoms with Crippen molar-refractivity contribution in [3.8, 4) is 0 Å². The molecule has 0 spiro atoms. The minimum Gasteiger partial charge on any atom is -0.480 e. The lowest BCUT2D eigenvalue weighted by atomic mass is 10.0. The second-order valence-corrected chi connectivity index (χ2v) is 6.07. The fourth-order valence-corrected chi connectivity index (χ4v) is 3.34. The number of carboxylic acid groups (broad SMARTS) is 1. The molecule has 0 aliphatic carbocycles. The molecule has 0 bridgehead atoms. The Kier molecular flexibility index (Phi) is 4.13. The number of carboxylic acids is 1. The number of nitrogens with zero attached hydrogens (tertiary/aromatic N) is 4. The number of carbonyl (C=O) groups excluding carboxylic acids is 1. The topological polar surface area (TPSA) is 104 Å². The number of aromatic amines is 1. The maximum Gasteiger partial charge on any atom is 0.326 e. The van der Waals surface area contributed by atoms with Crippen molar-refractivity contribution in [2.45, 2.75) is 52.7 Å². The number of rotatable bonds is 4. The number of aryl methyl sites for hydroxylation is 1. The molecule has 0 aromatic carbocycles. The van der Waals surface area contributed by atoms with E-state index in [-0.39, 0.29) is 25.4 Å². The van der Waals surface area contributed by atoms with Gasteiger partial charge in [0.05, 0.1) is 30.0 Å². The van der Waals surface area contributed by atoms with Crippen molar-refractivity contribution in [2.75, 3.05) is 0 Å². The van der Waals surface area contributed by atoms with Gasteiger partial charge >= 0.3 is 5.97 Å². The predicted molar refractivity (Wildman–Crippen MR) is 85.3 cm³/mol. The van der Waals surface area contributed by atoms with Gasteiger partial charge in [-0.1, -0.05) is 6.92 Å². The SMILES string of the molecule is CCc1c(C)nn(CC(=O)N2Cc3[nH]cnc3C[C@@H]2C(=O)O)c1C. The molecule has 1 aliphatic rings. The molecule has 1 aliphatic heterocycles. The van der Waals surface area contributed by atoms with Crippen molar-refractivity contribution >= 4 is 11.9 Å². The second kappa shape index (κ2) is 6.10. The first kappa shape index (κ1) is 16.2. The van der Waals surface area contributed by atoms with Gasteiger partial charge in [0.2, 0.25) is 5.91 Å². The first-order chi connectivity index (χ1) is 11.4. The number of aliphatic carboxylic acids is 1. The van der Waals surface area contributed by atoms with Gasteiger partial charge in [-0.2, -0.15) is 5.10 Å². The average molecular weight is 331 g/mol. The summed E-state index contributed by atoms with van der Waals surface area (Å²) in [4.78, 5) is 32.8. The van der Waals surface area contributed by atoms with Crippen molar-refractivity contribution in [3.05, 3.63) is 34.7 Å². The zero-order valence-electron chi connectivity index (χ0n) is 14.0. The monoisotopic (exact) mass is 331 g/mol. The highest BCUT2D eigenvalue weighted by Crippen LogP contribution is 2.22. The van der Waals surface area contributed by atoms with Crippen LogP contribution in [0.5, 0.6) is 0 Å². The number of carbonyl (C=O) groups is 2. The lowest BCUT2D eigenvalue weighted by molar-refractivity contribution is -0.151. The Morgan fingerprint density at radius 2 is 2.17 bits per heavy atom. The second-order valence-electron chi connectivity index (χ2n) is 6.07. The van der Waals surface area contributed by atoms with Crippen LogP contribution in [0.3, 0.4) is 0 Å². The summed E-state index contributed by atoms with van der Waals surface area (Å²) in [6.45, 7) is 6.17. The van der Waals surface area contributed by atoms with Gasteiger partial charge < -0.3 is 15.0 Å². The number of amides is 1. The number of hydrogen-bond donors (Lipinski definition) is 2. The molecule has 2 N–H and O–H groups in total. The van der Waals surface area contributed by atoms with E-state index in [0.717, 1.165) is 29.1 Å². The van der Waals surface area contributed by atoms with Gasteiger partial charge in [0.1, 0.15) is 12.6 Å². The van der Waals surface area contributed by atoms with Crippen molar-refractivity contribution in [3.63, 3.8) is 0 Å². The summed E-state index contributed by atoms with van der Waals surface area (Å²) < 4.78 is 1.66. The number of nitrogens with one attached hydrogen (secondary N) is 1. The van der Waals surface area contributed by atoms with E-state index in [0.29, 0.717) is 5.69 Å². The van der Waals surface area contributed by atoms with Crippen LogP contribution < -0.4 is 0 Å². The van der Waals surface area contributed by atoms with E-state index in [1.807, 2.05) is 20.8 Å². The quantitative estimate of drug-likeness (QED) is 0.863. The largest absolute Gasteiger partial charge is 0.480 e. The van der Waals surface area contributed by atoms with E-state index in [2.05, 4.69) is 15.1 Å². The van der Waals surface area contributed by atoms with Gasteiger partial charge in [-0.05, 0) is 25.8 Å². The molecule has 0 saturated carbocycles. The number of hydrogen-bond acceptors (Lipinski definition) is 4. The summed E-state index contributed by atoms with van der Waals surface area (Å²) in [7, 11) is 0. The van der Waals surface area contributed by atoms with E-state index in [4.69, 9.17) is 0 Å². The molecule has 3 heterocycles. The average Bonchev–Trinajstić information content (AvgIpc) is 3.10. The van der Waals surface area contributed by atoms with E-state index in [1.54, 1.807) is 4.68 Å². The number of imidazole rings is 1. The molecule has 0 fully saturated rings. The molecular formula is C16H21N5O3. The summed E-state index contributed by atoms with van der Waals surface area (Å²) in [5.74, 6) is -1.27. The van der Waals surface area contributed by atoms with Crippen molar-refractivity contribution < 1.29 is 14.7 Å². The molecule has 2 aromatic rings. The first-order valence-corrected chi connectivity index (χ1v) is 7.98. The predicted octanol–water partition coefficient (Wildman–Crippen LogP) is 0.824. The lowest BCUT2D eigenvalue weighted by Crippen LogP contribution is -2.49. The van der Waals surface area contributed by atoms with Crippen molar-refractivity contribution in [2.24, 2.45) is 0 Å². The minimum absolute atomic E-state index is 0.0416. The highest BCUT2D eigenvalue weighted by atomic mass is 16.4. The Bertz CT molecular complexity index is 792. The molecule has 8 heteroatoms. The molecule has 0 saturated heterocycles. The summed E-state index contributed by atoms with van der Waals surface area (Å²) in [5, 5.41) is 13.9. The van der Waals surface area contributed by atoms with Crippen LogP contribution in [-0.2, 0) is 35.5 Å². The van der Waals surface area contributed by atoms with Gasteiger partial charge in [0.15, 0.2) is 0 Å². The first-order valence-electron chi connectivity index (χ1n) is 7.98. The molecule has 1 amide bonds. The molecule has 128 valence electrons. The summed E-state index contributed by atoms with van der Waals surface area (Å²) in [6, 6.07) is -0.893. The van der Waals surface area contributed by atoms with Crippen LogP contribution in [0.1, 0.15) is 35.3 Å². The zero-order valence-corrected chi connectivity index (χ0v) is 14.0. The van der Waals surface area contributed by atoms with Crippen molar-refractivity contribution in [1.82, 2.24) is 24.6 Å². The third-order valence-corrected chi connectivity index (χ3v) is 4.67. The van der Waals surface area contributed by atoms with Crippen molar-refractivity contribution in [1.29, 1.82) is 0 Å². The van der Waals surface area contributed by atoms with Crippen LogP contribution in [-0.4, -0.2) is 47.7 Å². The molecule has 0 unspecified atom stereocenters. The third kappa shape index (κ3) is 2.68. The summed E-state index contributed by atoms with van der Waals surface area (Å²) in [5.41, 5.74) is 4.50. The fourth-order valence-electron chi connectivity index (χ4n) is 3.34.